The van der Waals surface area contributed by atoms with Crippen molar-refractivity contribution in [3.8, 4) is 0 Å². The molecule has 2 aromatic carbocycles. The summed E-state index contributed by atoms with van der Waals surface area (Å²) in [5, 5.41) is 7.90. The van der Waals surface area contributed by atoms with E-state index in [1.165, 1.54) is 0 Å². The minimum atomic E-state index is -0.626. The van der Waals surface area contributed by atoms with Crippen LogP contribution in [0.3, 0.4) is 0 Å². The number of nitrogens with one attached hydrogen (secondary N) is 1. The lowest BCUT2D eigenvalue weighted by molar-refractivity contribution is -0.130. The van der Waals surface area contributed by atoms with Gasteiger partial charge in [0.15, 0.2) is 0 Å². The Morgan fingerprint density at radius 3 is 2.45 bits per heavy atom. The molecule has 2 saturated carbocycles. The molecule has 2 bridgehead atoms. The van der Waals surface area contributed by atoms with Gasteiger partial charge in [0.1, 0.15) is 0 Å². The normalized spacial score (nSPS) is 27.3. The molecule has 1 N–H and O–H groups in total. The number of halogens is 1. The highest BCUT2D eigenvalue weighted by atomic mass is 35.5. The molecule has 2 aliphatic rings. The molecule has 0 spiro atoms. The number of hydrogen-bond acceptors (Lipinski definition) is 4. The van der Waals surface area contributed by atoms with E-state index in [4.69, 9.17) is 16.4 Å². The van der Waals surface area contributed by atoms with E-state index in [1.54, 1.807) is 24.3 Å². The molecule has 2 aliphatic carbocycles. The molecule has 4 rings (SSSR count). The first kappa shape index (κ1) is 21.6. The molecule has 2 fully saturated rings. The third-order valence-electron chi connectivity index (χ3n) is 7.78. The van der Waals surface area contributed by atoms with Gasteiger partial charge >= 0.3 is 5.97 Å². The monoisotopic (exact) mass is 438 g/mol. The van der Waals surface area contributed by atoms with E-state index in [1.807, 2.05) is 31.2 Å². The van der Waals surface area contributed by atoms with Crippen molar-refractivity contribution in [2.75, 3.05) is 5.32 Å². The van der Waals surface area contributed by atoms with E-state index in [9.17, 15) is 9.59 Å². The number of hydrogen-bond donors (Lipinski definition) is 1. The maximum atomic E-state index is 13.5. The van der Waals surface area contributed by atoms with Gasteiger partial charge in [-0.2, -0.15) is 0 Å². The van der Waals surface area contributed by atoms with Crippen LogP contribution in [-0.2, 0) is 9.63 Å². The van der Waals surface area contributed by atoms with Crippen LogP contribution in [-0.4, -0.2) is 17.6 Å². The molecule has 0 radical (unpaired) electrons. The second-order valence-electron chi connectivity index (χ2n) is 9.46. The number of fused-ring (bicyclic) bond motifs is 2. The van der Waals surface area contributed by atoms with Crippen LogP contribution in [0.1, 0.15) is 56.0 Å². The highest BCUT2D eigenvalue weighted by Gasteiger charge is 2.71. The Morgan fingerprint density at radius 2 is 1.77 bits per heavy atom. The third-order valence-corrected chi connectivity index (χ3v) is 8.01. The van der Waals surface area contributed by atoms with E-state index in [0.29, 0.717) is 22.7 Å². The van der Waals surface area contributed by atoms with Crippen molar-refractivity contribution in [2.24, 2.45) is 21.4 Å². The smallest absolute Gasteiger partial charge is 0.326 e. The molecule has 2 aromatic rings. The molecular formula is C25H27ClN2O3. The molecule has 31 heavy (non-hydrogen) atoms. The fourth-order valence-electron chi connectivity index (χ4n) is 5.18. The average Bonchev–Trinajstić information content (AvgIpc) is 3.03. The zero-order chi connectivity index (χ0) is 22.4. The van der Waals surface area contributed by atoms with Gasteiger partial charge in [0.25, 0.3) is 0 Å². The van der Waals surface area contributed by atoms with Crippen LogP contribution in [0.5, 0.6) is 0 Å². The van der Waals surface area contributed by atoms with Gasteiger partial charge in [-0.1, -0.05) is 61.3 Å². The summed E-state index contributed by atoms with van der Waals surface area (Å²) < 4.78 is 0. The average molecular weight is 439 g/mol. The fraction of sp³-hybridized carbons (Fsp3) is 0.400. The van der Waals surface area contributed by atoms with E-state index < -0.39 is 11.4 Å². The number of benzene rings is 2. The molecular weight excluding hydrogens is 412 g/mol. The molecule has 1 amide bonds. The molecule has 0 heterocycles. The Morgan fingerprint density at radius 1 is 1.06 bits per heavy atom. The van der Waals surface area contributed by atoms with Crippen molar-refractivity contribution in [3.05, 3.63) is 64.7 Å². The molecule has 2 atom stereocenters. The van der Waals surface area contributed by atoms with Crippen LogP contribution in [0.4, 0.5) is 5.69 Å². The van der Waals surface area contributed by atoms with Crippen LogP contribution in [0.2, 0.25) is 5.02 Å². The van der Waals surface area contributed by atoms with Gasteiger partial charge in [0, 0.05) is 22.5 Å². The number of anilines is 1. The number of amides is 1. The zero-order valence-corrected chi connectivity index (χ0v) is 19.0. The van der Waals surface area contributed by atoms with Gasteiger partial charge in [-0.15, -0.1) is 0 Å². The first-order valence-corrected chi connectivity index (χ1v) is 10.9. The van der Waals surface area contributed by atoms with Crippen LogP contribution in [0, 0.1) is 23.2 Å². The SMILES string of the molecule is Cc1ccc(C(=O)O/N=C2\CC3(C(=O)Nc4cccc(Cl)c4)CCC2(C)C3(C)C)cc1. The Balaban J connectivity index is 1.58. The van der Waals surface area contributed by atoms with Crippen molar-refractivity contribution in [3.63, 3.8) is 0 Å². The number of aryl methyl sites for hydroxylation is 1. The first-order chi connectivity index (χ1) is 14.6. The van der Waals surface area contributed by atoms with Crippen molar-refractivity contribution >= 4 is 34.9 Å². The number of oxime groups is 1. The Kier molecular flexibility index (Phi) is 5.21. The molecule has 2 unspecified atom stereocenters. The van der Waals surface area contributed by atoms with Gasteiger partial charge < -0.3 is 10.2 Å². The largest absolute Gasteiger partial charge is 0.365 e. The minimum Gasteiger partial charge on any atom is -0.326 e. The molecule has 0 aromatic heterocycles. The van der Waals surface area contributed by atoms with Crippen LogP contribution in [0.15, 0.2) is 53.7 Å². The standard InChI is InChI=1S/C25H27ClN2O3/c1-16-8-10-17(11-9-16)21(29)31-28-20-15-25(13-12-24(20,4)23(25,2)3)22(30)27-19-7-5-6-18(26)14-19/h5-11,14H,12-13,15H2,1-4H3,(H,27,30)/b28-20+. The second kappa shape index (κ2) is 7.49. The molecule has 0 saturated heterocycles. The molecule has 162 valence electrons. The van der Waals surface area contributed by atoms with E-state index in [-0.39, 0.29) is 16.7 Å². The lowest BCUT2D eigenvalue weighted by Gasteiger charge is -2.39. The predicted molar refractivity (Wildman–Crippen MR) is 122 cm³/mol. The summed E-state index contributed by atoms with van der Waals surface area (Å²) in [4.78, 5) is 31.3. The number of rotatable bonds is 4. The van der Waals surface area contributed by atoms with Gasteiger partial charge in [0.2, 0.25) is 5.91 Å². The molecule has 6 heteroatoms. The number of carbonyl (C=O) groups is 2. The van der Waals surface area contributed by atoms with Crippen molar-refractivity contribution < 1.29 is 14.4 Å². The Labute approximate surface area is 187 Å². The van der Waals surface area contributed by atoms with Crippen LogP contribution in [0.25, 0.3) is 0 Å². The first-order valence-electron chi connectivity index (χ1n) is 10.5. The van der Waals surface area contributed by atoms with Crippen molar-refractivity contribution in [2.45, 2.75) is 47.0 Å². The quantitative estimate of drug-likeness (QED) is 0.469. The summed E-state index contributed by atoms with van der Waals surface area (Å²) in [6.07, 6.45) is 2.03. The number of nitrogens with zero attached hydrogens (tertiary/aromatic N) is 1. The lowest BCUT2D eigenvalue weighted by atomic mass is 9.64. The van der Waals surface area contributed by atoms with Gasteiger partial charge in [-0.25, -0.2) is 4.79 Å². The van der Waals surface area contributed by atoms with Gasteiger partial charge in [0.05, 0.1) is 16.7 Å². The Hall–Kier alpha value is -2.66. The van der Waals surface area contributed by atoms with Gasteiger partial charge in [-0.05, 0) is 55.5 Å². The highest BCUT2D eigenvalue weighted by molar-refractivity contribution is 6.30. The predicted octanol–water partition coefficient (Wildman–Crippen LogP) is 6.02. The lowest BCUT2D eigenvalue weighted by Crippen LogP contribution is -2.43. The summed E-state index contributed by atoms with van der Waals surface area (Å²) in [5.41, 5.74) is 1.66. The molecule has 0 aliphatic heterocycles. The summed E-state index contributed by atoms with van der Waals surface area (Å²) in [7, 11) is 0. The summed E-state index contributed by atoms with van der Waals surface area (Å²) >= 11 is 6.08. The Bertz CT molecular complexity index is 1080. The van der Waals surface area contributed by atoms with Gasteiger partial charge in [-0.3, -0.25) is 4.79 Å². The topological polar surface area (TPSA) is 67.8 Å². The summed E-state index contributed by atoms with van der Waals surface area (Å²) in [6, 6.07) is 14.3. The maximum Gasteiger partial charge on any atom is 0.365 e. The van der Waals surface area contributed by atoms with Crippen molar-refractivity contribution in [1.82, 2.24) is 0 Å². The number of carbonyl (C=O) groups excluding carboxylic acids is 2. The van der Waals surface area contributed by atoms with Crippen molar-refractivity contribution in [1.29, 1.82) is 0 Å². The summed E-state index contributed by atoms with van der Waals surface area (Å²) in [6.45, 7) is 8.30. The van der Waals surface area contributed by atoms with E-state index in [2.05, 4.69) is 31.2 Å². The van der Waals surface area contributed by atoms with Crippen LogP contribution < -0.4 is 5.32 Å². The van der Waals surface area contributed by atoms with Crippen LogP contribution >= 0.6 is 11.6 Å². The zero-order valence-electron chi connectivity index (χ0n) is 18.3. The third kappa shape index (κ3) is 3.35. The fourth-order valence-corrected chi connectivity index (χ4v) is 5.37. The summed E-state index contributed by atoms with van der Waals surface area (Å²) in [5.74, 6) is -0.535. The van der Waals surface area contributed by atoms with E-state index in [0.717, 1.165) is 24.1 Å². The minimum absolute atomic E-state index is 0.0430. The van der Waals surface area contributed by atoms with E-state index >= 15 is 0 Å². The maximum absolute atomic E-state index is 13.5. The second-order valence-corrected chi connectivity index (χ2v) is 9.90. The molecule has 5 nitrogen and oxygen atoms in total. The highest BCUT2D eigenvalue weighted by Crippen LogP contribution is 2.71.